The van der Waals surface area contributed by atoms with E-state index in [-0.39, 0.29) is 67.0 Å². The summed E-state index contributed by atoms with van der Waals surface area (Å²) >= 11 is 0. The Morgan fingerprint density at radius 1 is 0.500 bits per heavy atom. The molecule has 0 unspecified atom stereocenters. The molecule has 0 bridgehead atoms. The van der Waals surface area contributed by atoms with E-state index in [0.717, 1.165) is 35.8 Å². The van der Waals surface area contributed by atoms with Gasteiger partial charge in [0.05, 0.1) is 59.0 Å². The molecule has 2 radical (unpaired) electrons. The number of hydrogen-bond acceptors (Lipinski definition) is 14. The molecule has 0 amide bonds. The molecular weight excluding hydrogens is 751 g/mol. The monoisotopic (exact) mass is 781 g/mol. The molecule has 4 aromatic heterocycles. The predicted molar refractivity (Wildman–Crippen MR) is 148 cm³/mol. The zero-order valence-corrected chi connectivity index (χ0v) is 25.9. The molecule has 0 saturated heterocycles. The van der Waals surface area contributed by atoms with Crippen LogP contribution in [0.4, 0.5) is 0 Å². The zero-order chi connectivity index (χ0) is 29.3. The predicted octanol–water partition coefficient (Wildman–Crippen LogP) is -7.50. The van der Waals surface area contributed by atoms with Crippen molar-refractivity contribution in [1.29, 1.82) is 0 Å². The van der Waals surface area contributed by atoms with Gasteiger partial charge in [-0.2, -0.15) is 0 Å². The van der Waals surface area contributed by atoms with E-state index in [1.807, 2.05) is 24.3 Å². The summed E-state index contributed by atoms with van der Waals surface area (Å²) in [5.41, 5.74) is -1.68. The van der Waals surface area contributed by atoms with E-state index in [9.17, 15) is 39.6 Å². The first-order valence-electron chi connectivity index (χ1n) is 11.0. The number of carboxylic acid groups (broad SMARTS) is 4. The fourth-order valence-electron chi connectivity index (χ4n) is 2.51. The summed E-state index contributed by atoms with van der Waals surface area (Å²) in [4.78, 5) is 55.1. The molecular formula is C26H31Cu2N4O16+. The first kappa shape index (κ1) is 58.4. The number of aromatic carboxylic acids is 4. The van der Waals surface area contributed by atoms with Crippen LogP contribution >= 0.6 is 0 Å². The Hall–Kier alpha value is -5.12. The molecule has 0 aliphatic carbocycles. The van der Waals surface area contributed by atoms with Crippen molar-refractivity contribution >= 4 is 23.9 Å². The molecule has 13 N–H and O–H groups in total. The molecule has 4 aromatic rings. The van der Waals surface area contributed by atoms with E-state index < -0.39 is 46.7 Å². The standard InChI is InChI=1S/C12H12N2O2.2C7H5NO4.2Cu.6H2O/c1-3-11(9-13-5-1)15-7-8-16-12-4-2-6-14-10-12;2*9-6(10)4-2-1-3-5(8-4)7(11)12;;;;;;;;/h1-6,9-10H,7-8H2;2*1-3H,(H,9,10)(H,11,12);;;6*1H2/q;;;2*+2;;;;;;/p-3. The minimum absolute atomic E-state index is 0. The topological polar surface area (TPSA) is 421 Å². The number of carbonyl (C=O) groups excluding carboxylic acids is 4. The molecule has 0 saturated carbocycles. The second-order valence-electron chi connectivity index (χ2n) is 7.04. The third kappa shape index (κ3) is 22.4. The minimum Gasteiger partial charge on any atom is -0.543 e. The van der Waals surface area contributed by atoms with Crippen LogP contribution in [-0.4, -0.2) is 84.4 Å². The van der Waals surface area contributed by atoms with Crippen molar-refractivity contribution < 1.29 is 116 Å². The van der Waals surface area contributed by atoms with Gasteiger partial charge in [-0.25, -0.2) is 9.97 Å². The Kier molecular flexibility index (Phi) is 38.8. The minimum atomic E-state index is -1.52. The molecule has 0 atom stereocenters. The van der Waals surface area contributed by atoms with Crippen LogP contribution in [0.1, 0.15) is 42.0 Å². The summed E-state index contributed by atoms with van der Waals surface area (Å²) in [5, 5.41) is 40.8. The molecule has 48 heavy (non-hydrogen) atoms. The molecule has 20 nitrogen and oxygen atoms in total. The largest absolute Gasteiger partial charge is 2.00 e. The maximum absolute atomic E-state index is 10.2. The Labute approximate surface area is 292 Å². The van der Waals surface area contributed by atoms with Crippen molar-refractivity contribution in [2.45, 2.75) is 0 Å². The maximum atomic E-state index is 10.2. The van der Waals surface area contributed by atoms with Crippen LogP contribution in [0.2, 0.25) is 0 Å². The van der Waals surface area contributed by atoms with Crippen molar-refractivity contribution in [3.63, 3.8) is 0 Å². The van der Waals surface area contributed by atoms with Gasteiger partial charge in [0, 0.05) is 12.4 Å². The summed E-state index contributed by atoms with van der Waals surface area (Å²) in [6.07, 6.45) is 6.76. The van der Waals surface area contributed by atoms with Crippen LogP contribution in [-0.2, 0) is 39.6 Å². The molecule has 0 spiro atoms. The normalized spacial score (nSPS) is 7.92. The van der Waals surface area contributed by atoms with Crippen LogP contribution in [0.15, 0.2) is 85.5 Å². The van der Waals surface area contributed by atoms with Gasteiger partial charge in [-0.05, 0) is 48.5 Å². The zero-order valence-electron chi connectivity index (χ0n) is 24.0. The average molecular weight is 783 g/mol. The van der Waals surface area contributed by atoms with Gasteiger partial charge in [0.25, 0.3) is 0 Å². The number of aromatic nitrogens is 4. The third-order valence-electron chi connectivity index (χ3n) is 4.22. The SMILES string of the molecule is O.O.O.O.O.O=C([O-])c1cccc(C(=O)[O-])n1.O=C([O-])c1cccc(C(=O)[O-])n1.[Cu+2].[Cu+2].[OH3+].c1cncc(OCCOc2cccnc2)c1. The summed E-state index contributed by atoms with van der Waals surface area (Å²) in [7, 11) is 0. The van der Waals surface area contributed by atoms with E-state index in [1.165, 1.54) is 12.1 Å². The third-order valence-corrected chi connectivity index (χ3v) is 4.22. The van der Waals surface area contributed by atoms with Crippen molar-refractivity contribution in [3.8, 4) is 11.5 Å². The fourth-order valence-corrected chi connectivity index (χ4v) is 2.51. The van der Waals surface area contributed by atoms with Crippen LogP contribution in [0, 0.1) is 0 Å². The number of ether oxygens (including phenoxy) is 2. The number of pyridine rings is 4. The van der Waals surface area contributed by atoms with Gasteiger partial charge in [0.2, 0.25) is 0 Å². The summed E-state index contributed by atoms with van der Waals surface area (Å²) < 4.78 is 10.8. The van der Waals surface area contributed by atoms with Gasteiger partial charge in [-0.3, -0.25) is 9.97 Å². The van der Waals surface area contributed by atoms with E-state index in [2.05, 4.69) is 19.9 Å². The van der Waals surface area contributed by atoms with Gasteiger partial charge in [0.1, 0.15) is 24.7 Å². The quantitative estimate of drug-likeness (QED) is 0.0865. The van der Waals surface area contributed by atoms with E-state index >= 15 is 0 Å². The molecule has 0 aliphatic rings. The summed E-state index contributed by atoms with van der Waals surface area (Å²) in [6.45, 7) is 0.973. The van der Waals surface area contributed by atoms with Crippen molar-refractivity contribution in [1.82, 2.24) is 19.9 Å². The Morgan fingerprint density at radius 2 is 0.771 bits per heavy atom. The number of hydrogen-bond donors (Lipinski definition) is 0. The van der Waals surface area contributed by atoms with Crippen LogP contribution in [0.5, 0.6) is 11.5 Å². The van der Waals surface area contributed by atoms with E-state index in [0.29, 0.717) is 13.2 Å². The van der Waals surface area contributed by atoms with Crippen molar-refractivity contribution in [2.75, 3.05) is 13.2 Å². The van der Waals surface area contributed by atoms with Crippen molar-refractivity contribution in [3.05, 3.63) is 108 Å². The number of carboxylic acids is 4. The number of rotatable bonds is 9. The van der Waals surface area contributed by atoms with Crippen molar-refractivity contribution in [2.24, 2.45) is 0 Å². The second-order valence-corrected chi connectivity index (χ2v) is 7.04. The first-order valence-corrected chi connectivity index (χ1v) is 11.0. The second kappa shape index (κ2) is 31.8. The Balaban J connectivity index is -0.0000000982. The van der Waals surface area contributed by atoms with E-state index in [1.54, 1.807) is 24.8 Å². The van der Waals surface area contributed by atoms with Gasteiger partial charge in [-0.15, -0.1) is 0 Å². The Morgan fingerprint density at radius 3 is 0.979 bits per heavy atom. The Bertz CT molecular complexity index is 1270. The van der Waals surface area contributed by atoms with Gasteiger partial charge in [-0.1, -0.05) is 12.1 Å². The molecule has 4 heterocycles. The average Bonchev–Trinajstić information content (AvgIpc) is 2.97. The smallest absolute Gasteiger partial charge is 0.543 e. The van der Waals surface area contributed by atoms with Gasteiger partial charge < -0.3 is 81.9 Å². The molecule has 4 rings (SSSR count). The number of carbonyl (C=O) groups is 4. The van der Waals surface area contributed by atoms with Gasteiger partial charge in [0.15, 0.2) is 0 Å². The number of nitrogens with zero attached hydrogens (tertiary/aromatic N) is 4. The molecule has 0 aliphatic heterocycles. The van der Waals surface area contributed by atoms with Gasteiger partial charge >= 0.3 is 34.1 Å². The van der Waals surface area contributed by atoms with E-state index in [4.69, 9.17) is 9.47 Å². The molecule has 0 fully saturated rings. The maximum Gasteiger partial charge on any atom is 2.00 e. The molecule has 22 heteroatoms. The van der Waals surface area contributed by atoms with Crippen LogP contribution in [0.25, 0.3) is 0 Å². The van der Waals surface area contributed by atoms with Crippen LogP contribution < -0.4 is 29.9 Å². The summed E-state index contributed by atoms with van der Waals surface area (Å²) in [6, 6.07) is 14.4. The molecule has 272 valence electrons. The fraction of sp³-hybridized carbons (Fsp3) is 0.0769. The van der Waals surface area contributed by atoms with Crippen LogP contribution in [0.3, 0.4) is 0 Å². The molecule has 0 aromatic carbocycles. The first-order chi connectivity index (χ1) is 19.2. The summed E-state index contributed by atoms with van der Waals surface area (Å²) in [5.74, 6) is -4.57.